The smallest absolute Gasteiger partial charge is 0.338 e. The van der Waals surface area contributed by atoms with Crippen LogP contribution in [0.15, 0.2) is 18.2 Å². The lowest BCUT2D eigenvalue weighted by Crippen LogP contribution is -2.33. The summed E-state index contributed by atoms with van der Waals surface area (Å²) >= 11 is 0. The number of esters is 1. The van der Waals surface area contributed by atoms with Crippen molar-refractivity contribution < 1.29 is 9.53 Å². The zero-order valence-corrected chi connectivity index (χ0v) is 13.2. The van der Waals surface area contributed by atoms with Gasteiger partial charge in [0.05, 0.1) is 23.5 Å². The Bertz CT molecular complexity index is 502. The SMILES string of the molecule is CCOC(=O)c1ccc(NC2CCC(C)CC2C)c(N)c1. The van der Waals surface area contributed by atoms with Crippen molar-refractivity contribution in [3.05, 3.63) is 23.8 Å². The highest BCUT2D eigenvalue weighted by molar-refractivity contribution is 5.91. The van der Waals surface area contributed by atoms with Gasteiger partial charge in [-0.1, -0.05) is 13.8 Å². The lowest BCUT2D eigenvalue weighted by Gasteiger charge is -2.34. The monoisotopic (exact) mass is 290 g/mol. The molecular formula is C17H26N2O2. The van der Waals surface area contributed by atoms with Crippen molar-refractivity contribution >= 4 is 17.3 Å². The van der Waals surface area contributed by atoms with Crippen LogP contribution in [-0.2, 0) is 4.74 Å². The molecule has 0 amide bonds. The molecule has 0 aliphatic heterocycles. The van der Waals surface area contributed by atoms with Crippen molar-refractivity contribution in [1.29, 1.82) is 0 Å². The largest absolute Gasteiger partial charge is 0.462 e. The number of benzene rings is 1. The Labute approximate surface area is 127 Å². The minimum absolute atomic E-state index is 0.324. The van der Waals surface area contributed by atoms with Crippen LogP contribution >= 0.6 is 0 Å². The first-order valence-electron chi connectivity index (χ1n) is 7.84. The van der Waals surface area contributed by atoms with Gasteiger partial charge in [-0.15, -0.1) is 0 Å². The maximum absolute atomic E-state index is 11.7. The Kier molecular flexibility index (Phi) is 5.10. The van der Waals surface area contributed by atoms with E-state index >= 15 is 0 Å². The standard InChI is InChI=1S/C17H26N2O2/c1-4-21-17(20)13-6-8-16(14(18)10-13)19-15-7-5-11(2)9-12(15)3/h6,8,10-12,15,19H,4-5,7,9,18H2,1-3H3. The third kappa shape index (κ3) is 3.90. The average molecular weight is 290 g/mol. The highest BCUT2D eigenvalue weighted by Crippen LogP contribution is 2.32. The van der Waals surface area contributed by atoms with E-state index in [0.29, 0.717) is 29.8 Å². The number of hydrogen-bond donors (Lipinski definition) is 2. The van der Waals surface area contributed by atoms with Crippen LogP contribution in [0.2, 0.25) is 0 Å². The Morgan fingerprint density at radius 2 is 2.14 bits per heavy atom. The number of carbonyl (C=O) groups excluding carboxylic acids is 1. The quantitative estimate of drug-likeness (QED) is 0.656. The molecule has 1 aromatic rings. The van der Waals surface area contributed by atoms with Crippen molar-refractivity contribution in [2.24, 2.45) is 11.8 Å². The van der Waals surface area contributed by atoms with E-state index in [2.05, 4.69) is 19.2 Å². The van der Waals surface area contributed by atoms with Crippen molar-refractivity contribution in [3.8, 4) is 0 Å². The predicted molar refractivity (Wildman–Crippen MR) is 86.4 cm³/mol. The molecule has 116 valence electrons. The van der Waals surface area contributed by atoms with Crippen LogP contribution in [-0.4, -0.2) is 18.6 Å². The van der Waals surface area contributed by atoms with Gasteiger partial charge in [-0.25, -0.2) is 4.79 Å². The molecule has 0 bridgehead atoms. The molecule has 1 fully saturated rings. The molecule has 3 unspecified atom stereocenters. The number of nitrogens with two attached hydrogens (primary N) is 1. The fourth-order valence-electron chi connectivity index (χ4n) is 3.12. The highest BCUT2D eigenvalue weighted by atomic mass is 16.5. The van der Waals surface area contributed by atoms with Crippen LogP contribution in [0.5, 0.6) is 0 Å². The second-order valence-electron chi connectivity index (χ2n) is 6.17. The molecular weight excluding hydrogens is 264 g/mol. The topological polar surface area (TPSA) is 64.3 Å². The number of hydrogen-bond acceptors (Lipinski definition) is 4. The molecule has 1 saturated carbocycles. The lowest BCUT2D eigenvalue weighted by molar-refractivity contribution is 0.0526. The first kappa shape index (κ1) is 15.7. The molecule has 4 nitrogen and oxygen atoms in total. The van der Waals surface area contributed by atoms with E-state index in [1.54, 1.807) is 19.1 Å². The normalized spacial score (nSPS) is 25.4. The van der Waals surface area contributed by atoms with Crippen molar-refractivity contribution in [3.63, 3.8) is 0 Å². The summed E-state index contributed by atoms with van der Waals surface area (Å²) in [5, 5.41) is 3.54. The lowest BCUT2D eigenvalue weighted by atomic mass is 9.80. The number of nitrogen functional groups attached to an aromatic ring is 1. The zero-order chi connectivity index (χ0) is 15.4. The Morgan fingerprint density at radius 3 is 2.76 bits per heavy atom. The van der Waals surface area contributed by atoms with Gasteiger partial charge in [0.15, 0.2) is 0 Å². The second kappa shape index (κ2) is 6.83. The van der Waals surface area contributed by atoms with Gasteiger partial charge in [-0.3, -0.25) is 0 Å². The summed E-state index contributed by atoms with van der Waals surface area (Å²) in [6.07, 6.45) is 3.67. The second-order valence-corrected chi connectivity index (χ2v) is 6.17. The summed E-state index contributed by atoms with van der Waals surface area (Å²) in [6.45, 7) is 6.77. The third-order valence-electron chi connectivity index (χ3n) is 4.34. The minimum atomic E-state index is -0.324. The van der Waals surface area contributed by atoms with Gasteiger partial charge in [0, 0.05) is 6.04 Å². The van der Waals surface area contributed by atoms with Gasteiger partial charge in [0.2, 0.25) is 0 Å². The molecule has 0 spiro atoms. The van der Waals surface area contributed by atoms with Gasteiger partial charge in [-0.05, 0) is 56.2 Å². The summed E-state index contributed by atoms with van der Waals surface area (Å²) in [7, 11) is 0. The summed E-state index contributed by atoms with van der Waals surface area (Å²) in [6, 6.07) is 5.80. The fourth-order valence-corrected chi connectivity index (χ4v) is 3.12. The highest BCUT2D eigenvalue weighted by Gasteiger charge is 2.25. The molecule has 0 aromatic heterocycles. The van der Waals surface area contributed by atoms with E-state index in [9.17, 15) is 4.79 Å². The van der Waals surface area contributed by atoms with E-state index in [4.69, 9.17) is 10.5 Å². The summed E-state index contributed by atoms with van der Waals surface area (Å²) in [5.41, 5.74) is 8.09. The van der Waals surface area contributed by atoms with E-state index in [-0.39, 0.29) is 5.97 Å². The predicted octanol–water partition coefficient (Wildman–Crippen LogP) is 3.68. The first-order chi connectivity index (χ1) is 10.0. The van der Waals surface area contributed by atoms with Crippen LogP contribution in [0, 0.1) is 11.8 Å². The van der Waals surface area contributed by atoms with E-state index < -0.39 is 0 Å². The maximum atomic E-state index is 11.7. The summed E-state index contributed by atoms with van der Waals surface area (Å²) < 4.78 is 4.99. The fraction of sp³-hybridized carbons (Fsp3) is 0.588. The van der Waals surface area contributed by atoms with E-state index in [1.165, 1.54) is 19.3 Å². The molecule has 1 aliphatic carbocycles. The van der Waals surface area contributed by atoms with E-state index in [0.717, 1.165) is 11.6 Å². The summed E-state index contributed by atoms with van der Waals surface area (Å²) in [5.74, 6) is 1.12. The van der Waals surface area contributed by atoms with Crippen LogP contribution in [0.25, 0.3) is 0 Å². The molecule has 2 rings (SSSR count). The molecule has 4 heteroatoms. The molecule has 0 heterocycles. The van der Waals surface area contributed by atoms with Crippen LogP contribution in [0.3, 0.4) is 0 Å². The molecule has 0 saturated heterocycles. The third-order valence-corrected chi connectivity index (χ3v) is 4.34. The van der Waals surface area contributed by atoms with Crippen LogP contribution in [0.4, 0.5) is 11.4 Å². The molecule has 1 aromatic carbocycles. The molecule has 3 N–H and O–H groups in total. The molecule has 3 atom stereocenters. The van der Waals surface area contributed by atoms with E-state index in [1.807, 2.05) is 6.07 Å². The zero-order valence-electron chi connectivity index (χ0n) is 13.2. The first-order valence-corrected chi connectivity index (χ1v) is 7.84. The maximum Gasteiger partial charge on any atom is 0.338 e. The summed E-state index contributed by atoms with van der Waals surface area (Å²) in [4.78, 5) is 11.7. The number of rotatable bonds is 4. The van der Waals surface area contributed by atoms with Gasteiger partial charge >= 0.3 is 5.97 Å². The van der Waals surface area contributed by atoms with Crippen LogP contribution < -0.4 is 11.1 Å². The van der Waals surface area contributed by atoms with Gasteiger partial charge in [0.1, 0.15) is 0 Å². The van der Waals surface area contributed by atoms with Crippen molar-refractivity contribution in [2.45, 2.75) is 46.1 Å². The van der Waals surface area contributed by atoms with Crippen molar-refractivity contribution in [2.75, 3.05) is 17.7 Å². The number of carbonyl (C=O) groups is 1. The van der Waals surface area contributed by atoms with Gasteiger partial charge in [0.25, 0.3) is 0 Å². The van der Waals surface area contributed by atoms with Gasteiger partial charge < -0.3 is 15.8 Å². The van der Waals surface area contributed by atoms with Crippen LogP contribution in [0.1, 0.15) is 50.4 Å². The Morgan fingerprint density at radius 1 is 1.38 bits per heavy atom. The minimum Gasteiger partial charge on any atom is -0.462 e. The number of ether oxygens (including phenoxy) is 1. The number of anilines is 2. The average Bonchev–Trinajstić information content (AvgIpc) is 2.44. The Balaban J connectivity index is 2.06. The van der Waals surface area contributed by atoms with Gasteiger partial charge in [-0.2, -0.15) is 0 Å². The van der Waals surface area contributed by atoms with Crippen molar-refractivity contribution in [1.82, 2.24) is 0 Å². The Hall–Kier alpha value is -1.71. The number of nitrogens with one attached hydrogen (secondary N) is 1. The molecule has 0 radical (unpaired) electrons. The molecule has 1 aliphatic rings. The molecule has 21 heavy (non-hydrogen) atoms.